The first-order valence-corrected chi connectivity index (χ1v) is 10.4. The van der Waals surface area contributed by atoms with Gasteiger partial charge >= 0.3 is 0 Å². The molecule has 2 amide bonds. The molecule has 0 aliphatic carbocycles. The third-order valence-electron chi connectivity index (χ3n) is 5.13. The second-order valence-corrected chi connectivity index (χ2v) is 7.52. The summed E-state index contributed by atoms with van der Waals surface area (Å²) in [6, 6.07) is 16.4. The van der Waals surface area contributed by atoms with Crippen molar-refractivity contribution in [2.24, 2.45) is 0 Å². The van der Waals surface area contributed by atoms with Crippen LogP contribution >= 0.6 is 0 Å². The monoisotopic (exact) mass is 458 g/mol. The lowest BCUT2D eigenvalue weighted by Gasteiger charge is -2.31. The van der Waals surface area contributed by atoms with Crippen LogP contribution in [0.1, 0.15) is 27.7 Å². The van der Waals surface area contributed by atoms with Crippen LogP contribution in [0.5, 0.6) is 0 Å². The Balaban J connectivity index is 1.85. The van der Waals surface area contributed by atoms with Crippen LogP contribution in [0, 0.1) is 18.6 Å². The van der Waals surface area contributed by atoms with Crippen LogP contribution in [0.2, 0.25) is 0 Å². The van der Waals surface area contributed by atoms with Crippen LogP contribution in [0.15, 0.2) is 91.4 Å². The number of aryl methyl sites for hydroxylation is 1. The molecular weight excluding hydrogens is 438 g/mol. The number of nitrogens with one attached hydrogen (secondary N) is 1. The lowest BCUT2D eigenvalue weighted by molar-refractivity contribution is -0.117. The molecule has 0 saturated heterocycles. The van der Waals surface area contributed by atoms with E-state index < -0.39 is 29.5 Å². The highest BCUT2D eigenvalue weighted by Gasteiger charge is 2.35. The fourth-order valence-electron chi connectivity index (χ4n) is 3.46. The maximum Gasteiger partial charge on any atom is 0.279 e. The number of carbonyl (C=O) groups excluding carboxylic acids is 2. The molecule has 0 saturated carbocycles. The average Bonchev–Trinajstić information content (AvgIpc) is 2.85. The zero-order valence-corrected chi connectivity index (χ0v) is 18.2. The fraction of sp³-hybridized carbons (Fsp3) is 0.0769. The molecule has 4 aromatic rings. The quantitative estimate of drug-likeness (QED) is 0.437. The number of anilines is 2. The minimum Gasteiger partial charge on any atom is -0.324 e. The molecule has 4 rings (SSSR count). The zero-order chi connectivity index (χ0) is 24.1. The summed E-state index contributed by atoms with van der Waals surface area (Å²) in [6.45, 7) is 1.88. The summed E-state index contributed by atoms with van der Waals surface area (Å²) in [6.07, 6.45) is 4.06. The van der Waals surface area contributed by atoms with E-state index >= 15 is 4.39 Å². The first-order valence-electron chi connectivity index (χ1n) is 10.4. The average molecular weight is 458 g/mol. The highest BCUT2D eigenvalue weighted by atomic mass is 19.1. The van der Waals surface area contributed by atoms with Crippen molar-refractivity contribution in [3.63, 3.8) is 0 Å². The molecule has 1 aromatic heterocycles. The summed E-state index contributed by atoms with van der Waals surface area (Å²) in [7, 11) is 0. The molecule has 1 atom stereocenters. The third kappa shape index (κ3) is 4.96. The minimum atomic E-state index is -1.40. The van der Waals surface area contributed by atoms with E-state index in [4.69, 9.17) is 0 Å². The molecule has 0 aliphatic heterocycles. The first-order chi connectivity index (χ1) is 16.4. The van der Waals surface area contributed by atoms with Gasteiger partial charge in [0.1, 0.15) is 23.4 Å². The number of hydrogen-bond donors (Lipinski definition) is 1. The van der Waals surface area contributed by atoms with E-state index in [1.807, 2.05) is 6.92 Å². The van der Waals surface area contributed by atoms with Crippen LogP contribution in [-0.4, -0.2) is 21.8 Å². The van der Waals surface area contributed by atoms with Crippen molar-refractivity contribution in [1.82, 2.24) is 9.97 Å². The molecule has 1 heterocycles. The summed E-state index contributed by atoms with van der Waals surface area (Å²) in [5.41, 5.74) is 1.57. The summed E-state index contributed by atoms with van der Waals surface area (Å²) in [5.74, 6) is -2.46. The molecule has 3 aromatic carbocycles. The van der Waals surface area contributed by atoms with Crippen LogP contribution in [-0.2, 0) is 4.79 Å². The summed E-state index contributed by atoms with van der Waals surface area (Å²) in [5, 5.41) is 2.66. The minimum absolute atomic E-state index is 0.0140. The van der Waals surface area contributed by atoms with E-state index in [2.05, 4.69) is 15.3 Å². The lowest BCUT2D eigenvalue weighted by Crippen LogP contribution is -2.42. The van der Waals surface area contributed by atoms with E-state index in [0.717, 1.165) is 5.56 Å². The molecule has 6 nitrogen and oxygen atoms in total. The fourth-order valence-corrected chi connectivity index (χ4v) is 3.46. The Kier molecular flexibility index (Phi) is 6.68. The molecule has 170 valence electrons. The van der Waals surface area contributed by atoms with Crippen molar-refractivity contribution in [3.8, 4) is 0 Å². The highest BCUT2D eigenvalue weighted by molar-refractivity contribution is 6.11. The predicted molar refractivity (Wildman–Crippen MR) is 124 cm³/mol. The van der Waals surface area contributed by atoms with Crippen molar-refractivity contribution < 1.29 is 18.4 Å². The van der Waals surface area contributed by atoms with Crippen molar-refractivity contribution in [2.75, 3.05) is 10.2 Å². The maximum absolute atomic E-state index is 15.0. The largest absolute Gasteiger partial charge is 0.324 e. The molecule has 0 aliphatic rings. The molecular formula is C26H20F2N4O2. The van der Waals surface area contributed by atoms with E-state index in [9.17, 15) is 14.0 Å². The Morgan fingerprint density at radius 1 is 0.912 bits per heavy atom. The second-order valence-electron chi connectivity index (χ2n) is 7.52. The Labute approximate surface area is 194 Å². The van der Waals surface area contributed by atoms with Gasteiger partial charge in [0.05, 0.1) is 6.20 Å². The Morgan fingerprint density at radius 2 is 1.62 bits per heavy atom. The number of aromatic nitrogens is 2. The van der Waals surface area contributed by atoms with Gasteiger partial charge in [0.25, 0.3) is 11.8 Å². The highest BCUT2D eigenvalue weighted by Crippen LogP contribution is 2.32. The molecule has 0 fully saturated rings. The van der Waals surface area contributed by atoms with Crippen molar-refractivity contribution in [3.05, 3.63) is 120 Å². The predicted octanol–water partition coefficient (Wildman–Crippen LogP) is 5.09. The number of rotatable bonds is 6. The topological polar surface area (TPSA) is 75.2 Å². The van der Waals surface area contributed by atoms with E-state index in [1.165, 1.54) is 66.0 Å². The van der Waals surface area contributed by atoms with E-state index in [1.54, 1.807) is 30.3 Å². The van der Waals surface area contributed by atoms with Crippen molar-refractivity contribution in [2.45, 2.75) is 13.0 Å². The number of carbonyl (C=O) groups is 2. The van der Waals surface area contributed by atoms with Gasteiger partial charge in [-0.1, -0.05) is 35.9 Å². The van der Waals surface area contributed by atoms with Crippen LogP contribution < -0.4 is 10.2 Å². The van der Waals surface area contributed by atoms with Crippen LogP contribution in [0.3, 0.4) is 0 Å². The third-order valence-corrected chi connectivity index (χ3v) is 5.13. The van der Waals surface area contributed by atoms with Gasteiger partial charge in [-0.3, -0.25) is 19.5 Å². The number of halogens is 2. The molecule has 0 radical (unpaired) electrons. The molecule has 8 heteroatoms. The Hall–Kier alpha value is -4.46. The van der Waals surface area contributed by atoms with E-state index in [-0.39, 0.29) is 11.3 Å². The SMILES string of the molecule is Cc1ccc(N(C(=O)c2cnccn2)[C@@H](C(=O)Nc2ccc(F)cc2)c2ccccc2F)cc1. The van der Waals surface area contributed by atoms with Gasteiger partial charge in [-0.25, -0.2) is 13.8 Å². The molecule has 0 unspecified atom stereocenters. The van der Waals surface area contributed by atoms with Crippen LogP contribution in [0.4, 0.5) is 20.2 Å². The smallest absolute Gasteiger partial charge is 0.279 e. The molecule has 1 N–H and O–H groups in total. The van der Waals surface area contributed by atoms with Crippen LogP contribution in [0.25, 0.3) is 0 Å². The Bertz CT molecular complexity index is 1300. The first kappa shape index (κ1) is 22.7. The van der Waals surface area contributed by atoms with Gasteiger partial charge in [-0.15, -0.1) is 0 Å². The van der Waals surface area contributed by atoms with Gasteiger partial charge in [0.2, 0.25) is 0 Å². The zero-order valence-electron chi connectivity index (χ0n) is 18.2. The second kappa shape index (κ2) is 9.99. The van der Waals surface area contributed by atoms with Crippen molar-refractivity contribution in [1.29, 1.82) is 0 Å². The summed E-state index contributed by atoms with van der Waals surface area (Å²) < 4.78 is 28.4. The van der Waals surface area contributed by atoms with Gasteiger partial charge < -0.3 is 5.32 Å². The van der Waals surface area contributed by atoms with Crippen molar-refractivity contribution >= 4 is 23.2 Å². The summed E-state index contributed by atoms with van der Waals surface area (Å²) >= 11 is 0. The number of benzene rings is 3. The van der Waals surface area contributed by atoms with Gasteiger partial charge in [-0.2, -0.15) is 0 Å². The summed E-state index contributed by atoms with van der Waals surface area (Å²) in [4.78, 5) is 36.4. The standard InChI is InChI=1S/C26H20F2N4O2/c1-17-6-12-20(13-7-17)32(26(34)23-16-29-14-15-30-23)24(21-4-2-3-5-22(21)28)25(33)31-19-10-8-18(27)9-11-19/h2-16,24H,1H3,(H,31,33)/t24-/m1/s1. The maximum atomic E-state index is 15.0. The lowest BCUT2D eigenvalue weighted by atomic mass is 10.0. The number of amides is 2. The van der Waals surface area contributed by atoms with E-state index in [0.29, 0.717) is 11.4 Å². The number of nitrogens with zero attached hydrogens (tertiary/aromatic N) is 3. The van der Waals surface area contributed by atoms with Gasteiger partial charge in [0, 0.05) is 29.3 Å². The van der Waals surface area contributed by atoms with Gasteiger partial charge in [-0.05, 0) is 49.4 Å². The normalized spacial score (nSPS) is 11.5. The molecule has 0 spiro atoms. The van der Waals surface area contributed by atoms with Gasteiger partial charge in [0.15, 0.2) is 0 Å². The number of hydrogen-bond acceptors (Lipinski definition) is 4. The molecule has 0 bridgehead atoms. The Morgan fingerprint density at radius 3 is 2.26 bits per heavy atom. The molecule has 34 heavy (non-hydrogen) atoms.